The first-order chi connectivity index (χ1) is 9.31. The van der Waals surface area contributed by atoms with Gasteiger partial charge in [0.15, 0.2) is 0 Å². The molecule has 0 aliphatic rings. The van der Waals surface area contributed by atoms with Crippen molar-refractivity contribution < 1.29 is 9.59 Å². The second kappa shape index (κ2) is 7.14. The standard InChI is InChI=1S/C14H20ClN3O2/c1-9-7-11(5-6-12(9)15)8-16-14(20)17-10(2)13(19)18(3)4/h5-7,10H,8H2,1-4H3,(H2,16,17,20)/t10-/m0/s1. The molecule has 0 bridgehead atoms. The van der Waals surface area contributed by atoms with Crippen LogP contribution in [0, 0.1) is 6.92 Å². The van der Waals surface area contributed by atoms with Crippen molar-refractivity contribution in [3.8, 4) is 0 Å². The molecule has 0 aliphatic carbocycles. The van der Waals surface area contributed by atoms with E-state index < -0.39 is 6.04 Å². The normalized spacial score (nSPS) is 11.7. The van der Waals surface area contributed by atoms with Crippen LogP contribution in [0.4, 0.5) is 4.79 Å². The van der Waals surface area contributed by atoms with Crippen LogP contribution >= 0.6 is 11.6 Å². The fourth-order valence-electron chi connectivity index (χ4n) is 1.70. The quantitative estimate of drug-likeness (QED) is 0.892. The Morgan fingerprint density at radius 2 is 2.00 bits per heavy atom. The molecule has 0 saturated heterocycles. The number of carbonyl (C=O) groups is 2. The average Bonchev–Trinajstić information content (AvgIpc) is 2.39. The maximum absolute atomic E-state index is 11.7. The smallest absolute Gasteiger partial charge is 0.315 e. The van der Waals surface area contributed by atoms with Crippen LogP contribution in [0.25, 0.3) is 0 Å². The van der Waals surface area contributed by atoms with E-state index in [0.29, 0.717) is 11.6 Å². The lowest BCUT2D eigenvalue weighted by Crippen LogP contribution is -2.47. The zero-order valence-corrected chi connectivity index (χ0v) is 12.9. The van der Waals surface area contributed by atoms with Crippen molar-refractivity contribution in [1.29, 1.82) is 0 Å². The van der Waals surface area contributed by atoms with E-state index in [1.165, 1.54) is 4.90 Å². The van der Waals surface area contributed by atoms with Gasteiger partial charge in [-0.25, -0.2) is 4.79 Å². The van der Waals surface area contributed by atoms with Crippen LogP contribution in [-0.2, 0) is 11.3 Å². The molecule has 1 aromatic rings. The Kier molecular flexibility index (Phi) is 5.82. The van der Waals surface area contributed by atoms with E-state index in [-0.39, 0.29) is 11.9 Å². The van der Waals surface area contributed by atoms with E-state index >= 15 is 0 Å². The first kappa shape index (κ1) is 16.3. The molecule has 0 spiro atoms. The Morgan fingerprint density at radius 3 is 2.55 bits per heavy atom. The third kappa shape index (κ3) is 4.74. The average molecular weight is 298 g/mol. The van der Waals surface area contributed by atoms with E-state index in [1.807, 2.05) is 19.1 Å². The van der Waals surface area contributed by atoms with Crippen LogP contribution in [0.5, 0.6) is 0 Å². The van der Waals surface area contributed by atoms with Gasteiger partial charge in [0, 0.05) is 25.7 Å². The molecule has 1 rings (SSSR count). The number of amides is 3. The number of hydrogen-bond donors (Lipinski definition) is 2. The zero-order valence-electron chi connectivity index (χ0n) is 12.2. The molecule has 20 heavy (non-hydrogen) atoms. The van der Waals surface area contributed by atoms with Crippen molar-refractivity contribution in [3.63, 3.8) is 0 Å². The molecule has 1 atom stereocenters. The fraction of sp³-hybridized carbons (Fsp3) is 0.429. The van der Waals surface area contributed by atoms with Gasteiger partial charge >= 0.3 is 6.03 Å². The van der Waals surface area contributed by atoms with E-state index in [4.69, 9.17) is 11.6 Å². The lowest BCUT2D eigenvalue weighted by atomic mass is 10.1. The monoisotopic (exact) mass is 297 g/mol. The number of nitrogens with one attached hydrogen (secondary N) is 2. The summed E-state index contributed by atoms with van der Waals surface area (Å²) in [6.45, 7) is 3.94. The molecule has 1 aromatic carbocycles. The van der Waals surface area contributed by atoms with Crippen LogP contribution in [-0.4, -0.2) is 37.0 Å². The summed E-state index contributed by atoms with van der Waals surface area (Å²) in [5, 5.41) is 5.99. The van der Waals surface area contributed by atoms with Gasteiger partial charge < -0.3 is 15.5 Å². The van der Waals surface area contributed by atoms with Crippen LogP contribution < -0.4 is 10.6 Å². The predicted octanol–water partition coefficient (Wildman–Crippen LogP) is 1.92. The maximum atomic E-state index is 11.7. The minimum atomic E-state index is -0.558. The molecule has 0 radical (unpaired) electrons. The molecule has 2 N–H and O–H groups in total. The first-order valence-electron chi connectivity index (χ1n) is 6.32. The lowest BCUT2D eigenvalue weighted by Gasteiger charge is -2.18. The minimum Gasteiger partial charge on any atom is -0.347 e. The van der Waals surface area contributed by atoms with Crippen LogP contribution in [0.15, 0.2) is 18.2 Å². The second-order valence-electron chi connectivity index (χ2n) is 4.86. The fourth-order valence-corrected chi connectivity index (χ4v) is 1.81. The maximum Gasteiger partial charge on any atom is 0.315 e. The summed E-state index contributed by atoms with van der Waals surface area (Å²) in [6, 6.07) is 4.63. The van der Waals surface area contributed by atoms with E-state index in [0.717, 1.165) is 11.1 Å². The Labute approximate surface area is 124 Å². The van der Waals surface area contributed by atoms with Crippen LogP contribution in [0.1, 0.15) is 18.1 Å². The van der Waals surface area contributed by atoms with Crippen molar-refractivity contribution in [1.82, 2.24) is 15.5 Å². The summed E-state index contributed by atoms with van der Waals surface area (Å²) >= 11 is 5.93. The predicted molar refractivity (Wildman–Crippen MR) is 79.7 cm³/mol. The Hall–Kier alpha value is -1.75. The molecule has 6 heteroatoms. The number of hydrogen-bond acceptors (Lipinski definition) is 2. The van der Waals surface area contributed by atoms with E-state index in [9.17, 15) is 9.59 Å². The molecule has 0 aliphatic heterocycles. The molecular weight excluding hydrogens is 278 g/mol. The van der Waals surface area contributed by atoms with Gasteiger partial charge in [-0.1, -0.05) is 23.7 Å². The van der Waals surface area contributed by atoms with Crippen LogP contribution in [0.2, 0.25) is 5.02 Å². The summed E-state index contributed by atoms with van der Waals surface area (Å²) in [4.78, 5) is 24.7. The number of urea groups is 1. The lowest BCUT2D eigenvalue weighted by molar-refractivity contribution is -0.130. The summed E-state index contributed by atoms with van der Waals surface area (Å²) in [6.07, 6.45) is 0. The highest BCUT2D eigenvalue weighted by molar-refractivity contribution is 6.31. The van der Waals surface area contributed by atoms with Crippen molar-refractivity contribution in [2.75, 3.05) is 14.1 Å². The Balaban J connectivity index is 2.47. The van der Waals surface area contributed by atoms with E-state index in [2.05, 4.69) is 10.6 Å². The van der Waals surface area contributed by atoms with Crippen LogP contribution in [0.3, 0.4) is 0 Å². The zero-order chi connectivity index (χ0) is 15.3. The molecule has 0 fully saturated rings. The topological polar surface area (TPSA) is 61.4 Å². The Bertz CT molecular complexity index is 503. The van der Waals surface area contributed by atoms with Crippen molar-refractivity contribution in [2.24, 2.45) is 0 Å². The van der Waals surface area contributed by atoms with Crippen molar-refractivity contribution >= 4 is 23.5 Å². The number of likely N-dealkylation sites (N-methyl/N-ethyl adjacent to an activating group) is 1. The van der Waals surface area contributed by atoms with E-state index in [1.54, 1.807) is 27.1 Å². The highest BCUT2D eigenvalue weighted by Crippen LogP contribution is 2.15. The third-order valence-electron chi connectivity index (χ3n) is 2.83. The molecule has 0 saturated carbocycles. The number of carbonyl (C=O) groups excluding carboxylic acids is 2. The summed E-state index contributed by atoms with van der Waals surface area (Å²) in [5.74, 6) is -0.150. The molecule has 0 heterocycles. The molecule has 0 unspecified atom stereocenters. The first-order valence-corrected chi connectivity index (χ1v) is 6.69. The van der Waals surface area contributed by atoms with Crippen molar-refractivity contribution in [2.45, 2.75) is 26.4 Å². The number of halogens is 1. The summed E-state index contributed by atoms with van der Waals surface area (Å²) in [7, 11) is 3.30. The molecule has 0 aromatic heterocycles. The van der Waals surface area contributed by atoms with Gasteiger partial charge in [-0.15, -0.1) is 0 Å². The van der Waals surface area contributed by atoms with Gasteiger partial charge in [-0.05, 0) is 31.0 Å². The van der Waals surface area contributed by atoms with Gasteiger partial charge in [-0.2, -0.15) is 0 Å². The van der Waals surface area contributed by atoms with Gasteiger partial charge in [0.05, 0.1) is 0 Å². The number of nitrogens with zero attached hydrogens (tertiary/aromatic N) is 1. The minimum absolute atomic E-state index is 0.150. The van der Waals surface area contributed by atoms with Gasteiger partial charge in [0.25, 0.3) is 0 Å². The van der Waals surface area contributed by atoms with Gasteiger partial charge in [-0.3, -0.25) is 4.79 Å². The highest BCUT2D eigenvalue weighted by Gasteiger charge is 2.16. The SMILES string of the molecule is Cc1cc(CNC(=O)N[C@@H](C)C(=O)N(C)C)ccc1Cl. The van der Waals surface area contributed by atoms with Gasteiger partial charge in [0.2, 0.25) is 5.91 Å². The summed E-state index contributed by atoms with van der Waals surface area (Å²) < 4.78 is 0. The van der Waals surface area contributed by atoms with Gasteiger partial charge in [0.1, 0.15) is 6.04 Å². The third-order valence-corrected chi connectivity index (χ3v) is 3.26. The largest absolute Gasteiger partial charge is 0.347 e. The van der Waals surface area contributed by atoms with Crippen molar-refractivity contribution in [3.05, 3.63) is 34.3 Å². The molecular formula is C14H20ClN3O2. The highest BCUT2D eigenvalue weighted by atomic mass is 35.5. The molecule has 5 nitrogen and oxygen atoms in total. The number of aryl methyl sites for hydroxylation is 1. The molecule has 3 amide bonds. The number of rotatable bonds is 4. The Morgan fingerprint density at radius 1 is 1.35 bits per heavy atom. The molecule has 110 valence electrons. The summed E-state index contributed by atoms with van der Waals surface area (Å²) in [5.41, 5.74) is 1.91. The number of benzene rings is 1. The second-order valence-corrected chi connectivity index (χ2v) is 5.27.